The van der Waals surface area contributed by atoms with Gasteiger partial charge in [0.1, 0.15) is 0 Å². The first-order valence-electron chi connectivity index (χ1n) is 18.7. The van der Waals surface area contributed by atoms with Crippen LogP contribution < -0.4 is 4.90 Å². The molecule has 53 heavy (non-hydrogen) atoms. The number of nitrogens with zero attached hydrogens (tertiary/aromatic N) is 1. The van der Waals surface area contributed by atoms with Gasteiger partial charge in [0.05, 0.1) is 11.1 Å². The number of hydrogen-bond donors (Lipinski definition) is 0. The van der Waals surface area contributed by atoms with Crippen LogP contribution in [0.1, 0.15) is 38.9 Å². The zero-order chi connectivity index (χ0) is 35.4. The van der Waals surface area contributed by atoms with Crippen LogP contribution in [0.25, 0.3) is 54.6 Å². The minimum Gasteiger partial charge on any atom is -0.310 e. The van der Waals surface area contributed by atoms with Crippen molar-refractivity contribution in [1.29, 1.82) is 0 Å². The molecule has 0 unspecified atom stereocenters. The maximum Gasteiger partial charge on any atom is 0.0737 e. The van der Waals surface area contributed by atoms with Crippen molar-refractivity contribution in [3.8, 4) is 22.3 Å². The number of hydrogen-bond acceptors (Lipinski definition) is 1. The minimum absolute atomic E-state index is 0.506. The van der Waals surface area contributed by atoms with E-state index >= 15 is 0 Å². The molecule has 2 aliphatic carbocycles. The van der Waals surface area contributed by atoms with Crippen LogP contribution in [-0.4, -0.2) is 0 Å². The summed E-state index contributed by atoms with van der Waals surface area (Å²) in [5.41, 5.74) is 17.8. The summed E-state index contributed by atoms with van der Waals surface area (Å²) >= 11 is 0. The molecule has 0 bridgehead atoms. The molecule has 0 aliphatic heterocycles. The number of rotatable bonds is 3. The molecule has 9 aromatic rings. The van der Waals surface area contributed by atoms with Crippen LogP contribution in [0.2, 0.25) is 0 Å². The number of para-hydroxylation sites is 1. The lowest BCUT2D eigenvalue weighted by atomic mass is 9.68. The second-order valence-electron chi connectivity index (χ2n) is 14.9. The van der Waals surface area contributed by atoms with Crippen LogP contribution in [0, 0.1) is 20.8 Å². The van der Waals surface area contributed by atoms with E-state index in [-0.39, 0.29) is 0 Å². The molecule has 2 aliphatic rings. The summed E-state index contributed by atoms with van der Waals surface area (Å²) in [5, 5.41) is 7.75. The average Bonchev–Trinajstić information content (AvgIpc) is 3.68. The van der Waals surface area contributed by atoms with Crippen molar-refractivity contribution in [2.45, 2.75) is 26.2 Å². The van der Waals surface area contributed by atoms with E-state index in [9.17, 15) is 0 Å². The highest BCUT2D eigenvalue weighted by atomic mass is 15.1. The van der Waals surface area contributed by atoms with Crippen LogP contribution in [0.5, 0.6) is 0 Å². The van der Waals surface area contributed by atoms with Crippen molar-refractivity contribution in [2.24, 2.45) is 0 Å². The topological polar surface area (TPSA) is 3.24 Å². The molecule has 1 spiro atoms. The number of aryl methyl sites for hydroxylation is 2. The first-order chi connectivity index (χ1) is 26.1. The van der Waals surface area contributed by atoms with E-state index in [0.29, 0.717) is 0 Å². The maximum atomic E-state index is 2.54. The van der Waals surface area contributed by atoms with E-state index in [0.717, 1.165) is 5.69 Å². The van der Waals surface area contributed by atoms with Gasteiger partial charge in [-0.1, -0.05) is 140 Å². The van der Waals surface area contributed by atoms with E-state index in [1.165, 1.54) is 105 Å². The summed E-state index contributed by atoms with van der Waals surface area (Å²) < 4.78 is 0. The fraction of sp³-hybridized carbons (Fsp3) is 0.0769. The standard InChI is InChI=1S/C52H37N/c1-32-29-36(30-33(2)34(32)3)53(35-17-5-4-6-18-35)48-31-45-49-42-24-10-7-19-37(42)38-20-8-11-25-43(38)51(49)52(50(45)44-26-12-9-23-41(44)48)46-27-15-13-21-39(46)40-22-14-16-28-47(40)52/h4-31H,1-3H3. The molecule has 0 fully saturated rings. The number of benzene rings is 9. The Balaban J connectivity index is 1.38. The van der Waals surface area contributed by atoms with Crippen LogP contribution in [-0.2, 0) is 5.41 Å². The molecule has 0 aromatic heterocycles. The molecule has 1 nitrogen and oxygen atoms in total. The smallest absolute Gasteiger partial charge is 0.0737 e. The molecule has 0 atom stereocenters. The maximum absolute atomic E-state index is 2.54. The lowest BCUT2D eigenvalue weighted by Gasteiger charge is -2.34. The minimum atomic E-state index is -0.506. The number of anilines is 3. The number of fused-ring (bicyclic) bond motifs is 17. The van der Waals surface area contributed by atoms with Gasteiger partial charge in [-0.2, -0.15) is 0 Å². The third kappa shape index (κ3) is 3.92. The molecule has 0 amide bonds. The zero-order valence-electron chi connectivity index (χ0n) is 30.1. The second kappa shape index (κ2) is 11.0. The predicted octanol–water partition coefficient (Wildman–Crippen LogP) is 13.9. The van der Waals surface area contributed by atoms with Crippen molar-refractivity contribution < 1.29 is 0 Å². The summed E-state index contributed by atoms with van der Waals surface area (Å²) in [6.45, 7) is 6.71. The summed E-state index contributed by atoms with van der Waals surface area (Å²) in [7, 11) is 0. The van der Waals surface area contributed by atoms with E-state index in [4.69, 9.17) is 0 Å². The normalized spacial score (nSPS) is 13.3. The molecule has 11 rings (SSSR count). The van der Waals surface area contributed by atoms with Gasteiger partial charge in [0.2, 0.25) is 0 Å². The van der Waals surface area contributed by atoms with E-state index in [2.05, 4.69) is 196 Å². The SMILES string of the molecule is Cc1cc(N(c2ccccc2)c2cc3c(c4ccccc24)C2(c4ccccc4-c4ccccc42)c2c-3c3ccccc3c3ccccc23)cc(C)c1C. The first kappa shape index (κ1) is 30.2. The lowest BCUT2D eigenvalue weighted by Crippen LogP contribution is -2.26. The van der Waals surface area contributed by atoms with Crippen LogP contribution in [0.15, 0.2) is 170 Å². The Labute approximate surface area is 310 Å². The highest BCUT2D eigenvalue weighted by molar-refractivity contribution is 6.22. The Bertz CT molecular complexity index is 2920. The summed E-state index contributed by atoms with van der Waals surface area (Å²) in [4.78, 5) is 2.49. The van der Waals surface area contributed by atoms with Crippen molar-refractivity contribution in [2.75, 3.05) is 4.90 Å². The molecule has 0 saturated heterocycles. The highest BCUT2D eigenvalue weighted by Crippen LogP contribution is 2.67. The van der Waals surface area contributed by atoms with Crippen molar-refractivity contribution >= 4 is 49.4 Å². The van der Waals surface area contributed by atoms with Crippen LogP contribution in [0.3, 0.4) is 0 Å². The fourth-order valence-corrected chi connectivity index (χ4v) is 10.00. The summed E-state index contributed by atoms with van der Waals surface area (Å²) in [5.74, 6) is 0. The average molecular weight is 676 g/mol. The predicted molar refractivity (Wildman–Crippen MR) is 224 cm³/mol. The molecule has 250 valence electrons. The summed E-state index contributed by atoms with van der Waals surface area (Å²) in [6.07, 6.45) is 0. The quantitative estimate of drug-likeness (QED) is 0.169. The first-order valence-corrected chi connectivity index (χ1v) is 18.7. The van der Waals surface area contributed by atoms with Gasteiger partial charge in [0, 0.05) is 16.8 Å². The van der Waals surface area contributed by atoms with Crippen molar-refractivity contribution in [3.05, 3.63) is 209 Å². The Morgan fingerprint density at radius 1 is 0.377 bits per heavy atom. The summed E-state index contributed by atoms with van der Waals surface area (Å²) in [6, 6.07) is 63.9. The van der Waals surface area contributed by atoms with Gasteiger partial charge < -0.3 is 4.90 Å². The Morgan fingerprint density at radius 3 is 1.47 bits per heavy atom. The van der Waals surface area contributed by atoms with Gasteiger partial charge in [-0.05, 0) is 139 Å². The van der Waals surface area contributed by atoms with E-state index in [1.54, 1.807) is 0 Å². The Hall–Kier alpha value is -6.44. The molecule has 0 N–H and O–H groups in total. The third-order valence-corrected chi connectivity index (χ3v) is 12.4. The van der Waals surface area contributed by atoms with Crippen molar-refractivity contribution in [1.82, 2.24) is 0 Å². The van der Waals surface area contributed by atoms with E-state index in [1.807, 2.05) is 0 Å². The van der Waals surface area contributed by atoms with Gasteiger partial charge >= 0.3 is 0 Å². The third-order valence-electron chi connectivity index (χ3n) is 12.4. The molecule has 1 heteroatoms. The van der Waals surface area contributed by atoms with Crippen LogP contribution >= 0.6 is 0 Å². The molecule has 0 radical (unpaired) electrons. The highest BCUT2D eigenvalue weighted by Gasteiger charge is 2.54. The van der Waals surface area contributed by atoms with Gasteiger partial charge in [-0.3, -0.25) is 0 Å². The second-order valence-corrected chi connectivity index (χ2v) is 14.9. The lowest BCUT2D eigenvalue weighted by molar-refractivity contribution is 0.809. The Kier molecular flexibility index (Phi) is 6.29. The molecule has 0 saturated carbocycles. The largest absolute Gasteiger partial charge is 0.310 e. The molecule has 0 heterocycles. The van der Waals surface area contributed by atoms with E-state index < -0.39 is 5.41 Å². The molecular formula is C52H37N. The fourth-order valence-electron chi connectivity index (χ4n) is 10.00. The van der Waals surface area contributed by atoms with Gasteiger partial charge in [-0.15, -0.1) is 0 Å². The molecular weight excluding hydrogens is 639 g/mol. The van der Waals surface area contributed by atoms with Crippen LogP contribution in [0.4, 0.5) is 17.1 Å². The Morgan fingerprint density at radius 2 is 0.849 bits per heavy atom. The zero-order valence-corrected chi connectivity index (χ0v) is 30.1. The molecule has 9 aromatic carbocycles. The van der Waals surface area contributed by atoms with Crippen molar-refractivity contribution in [3.63, 3.8) is 0 Å². The van der Waals surface area contributed by atoms with Gasteiger partial charge in [0.25, 0.3) is 0 Å². The van der Waals surface area contributed by atoms with Gasteiger partial charge in [0.15, 0.2) is 0 Å². The monoisotopic (exact) mass is 675 g/mol. The van der Waals surface area contributed by atoms with Gasteiger partial charge in [-0.25, -0.2) is 0 Å².